The van der Waals surface area contributed by atoms with Crippen LogP contribution in [0.4, 0.5) is 4.39 Å². The topological polar surface area (TPSA) is 55.7 Å². The van der Waals surface area contributed by atoms with Crippen LogP contribution in [0.3, 0.4) is 0 Å². The first-order valence-electron chi connectivity index (χ1n) is 8.90. The predicted molar refractivity (Wildman–Crippen MR) is 109 cm³/mol. The number of aromatic amines is 1. The zero-order chi connectivity index (χ0) is 20.0. The Bertz CT molecular complexity index is 1180. The summed E-state index contributed by atoms with van der Waals surface area (Å²) >= 11 is 6.30. The lowest BCUT2D eigenvalue weighted by Crippen LogP contribution is -2.02. The van der Waals surface area contributed by atoms with Crippen LogP contribution in [0.5, 0.6) is 5.75 Å². The highest BCUT2D eigenvalue weighted by Gasteiger charge is 2.23. The number of fused-ring (bicyclic) bond motifs is 1. The van der Waals surface area contributed by atoms with E-state index in [2.05, 4.69) is 21.1 Å². The molecule has 144 valence electrons. The minimum absolute atomic E-state index is 0.0772. The molecule has 0 bridgehead atoms. The van der Waals surface area contributed by atoms with E-state index in [0.29, 0.717) is 11.3 Å². The second kappa shape index (κ2) is 6.95. The number of ether oxygens (including phenoxy) is 1. The number of H-pyrrole nitrogens is 1. The van der Waals surface area contributed by atoms with Gasteiger partial charge in [0, 0.05) is 53.1 Å². The van der Waals surface area contributed by atoms with E-state index < -0.39 is 5.82 Å². The first-order valence-corrected chi connectivity index (χ1v) is 9.28. The van der Waals surface area contributed by atoms with Gasteiger partial charge in [0.25, 0.3) is 0 Å². The first kappa shape index (κ1) is 18.5. The van der Waals surface area contributed by atoms with Crippen LogP contribution in [-0.4, -0.2) is 26.9 Å². The lowest BCUT2D eigenvalue weighted by atomic mass is 9.91. The van der Waals surface area contributed by atoms with Crippen molar-refractivity contribution in [3.05, 3.63) is 64.5 Å². The normalized spacial score (nSPS) is 12.5. The van der Waals surface area contributed by atoms with Gasteiger partial charge in [0.15, 0.2) is 0 Å². The Hall–Kier alpha value is -2.86. The number of halogens is 2. The van der Waals surface area contributed by atoms with Gasteiger partial charge in [-0.15, -0.1) is 0 Å². The Morgan fingerprint density at radius 2 is 2.07 bits per heavy atom. The van der Waals surface area contributed by atoms with Gasteiger partial charge >= 0.3 is 0 Å². The average Bonchev–Trinajstić information content (AvgIpc) is 3.26. The second-order valence-corrected chi connectivity index (χ2v) is 7.21. The van der Waals surface area contributed by atoms with Crippen molar-refractivity contribution >= 4 is 22.6 Å². The summed E-state index contributed by atoms with van der Waals surface area (Å²) in [4.78, 5) is 7.76. The standard InChI is InChI=1S/C21H20ClFN4O/c1-11(19-18(28-4)6-5-17(23)20(19)22)15-9-25-21-14(15)7-13(8-24-21)16-10-26-27(3)12(16)2/h5-11H,1-4H3,(H,24,25)/t11-/m0/s1. The molecule has 0 spiro atoms. The molecule has 0 aliphatic heterocycles. The summed E-state index contributed by atoms with van der Waals surface area (Å²) in [6, 6.07) is 5.00. The van der Waals surface area contributed by atoms with Crippen molar-refractivity contribution in [1.82, 2.24) is 19.7 Å². The largest absolute Gasteiger partial charge is 0.496 e. The summed E-state index contributed by atoms with van der Waals surface area (Å²) in [5, 5.41) is 5.35. The van der Waals surface area contributed by atoms with Crippen LogP contribution >= 0.6 is 11.6 Å². The summed E-state index contributed by atoms with van der Waals surface area (Å²) in [5.74, 6) is -0.103. The van der Waals surface area contributed by atoms with Crippen LogP contribution in [0.25, 0.3) is 22.2 Å². The highest BCUT2D eigenvalue weighted by Crippen LogP contribution is 2.40. The van der Waals surface area contributed by atoms with Crippen LogP contribution < -0.4 is 4.74 Å². The fourth-order valence-electron chi connectivity index (χ4n) is 3.60. The van der Waals surface area contributed by atoms with Crippen molar-refractivity contribution in [3.63, 3.8) is 0 Å². The first-order chi connectivity index (χ1) is 13.4. The van der Waals surface area contributed by atoms with Crippen molar-refractivity contribution < 1.29 is 9.13 Å². The number of pyridine rings is 1. The number of nitrogens with one attached hydrogen (secondary N) is 1. The van der Waals surface area contributed by atoms with E-state index in [1.54, 1.807) is 13.2 Å². The molecule has 0 amide bonds. The van der Waals surface area contributed by atoms with Gasteiger partial charge in [-0.25, -0.2) is 9.37 Å². The minimum Gasteiger partial charge on any atom is -0.496 e. The fourth-order valence-corrected chi connectivity index (χ4v) is 3.92. The summed E-state index contributed by atoms with van der Waals surface area (Å²) < 4.78 is 21.4. The van der Waals surface area contributed by atoms with E-state index >= 15 is 0 Å². The van der Waals surface area contributed by atoms with Crippen LogP contribution in [-0.2, 0) is 7.05 Å². The van der Waals surface area contributed by atoms with Crippen LogP contribution in [0.1, 0.15) is 29.7 Å². The molecule has 3 heterocycles. The summed E-state index contributed by atoms with van der Waals surface area (Å²) in [5.41, 5.74) is 5.41. The van der Waals surface area contributed by atoms with E-state index in [-0.39, 0.29) is 10.9 Å². The maximum absolute atomic E-state index is 14.1. The summed E-state index contributed by atoms with van der Waals surface area (Å²) in [6.45, 7) is 4.00. The Labute approximate surface area is 167 Å². The predicted octanol–water partition coefficient (Wildman–Crippen LogP) is 5.22. The monoisotopic (exact) mass is 398 g/mol. The number of rotatable bonds is 4. The van der Waals surface area contributed by atoms with Gasteiger partial charge in [-0.3, -0.25) is 4.68 Å². The molecule has 1 aromatic carbocycles. The van der Waals surface area contributed by atoms with Crippen molar-refractivity contribution in [2.45, 2.75) is 19.8 Å². The van der Waals surface area contributed by atoms with Crippen LogP contribution in [0, 0.1) is 12.7 Å². The van der Waals surface area contributed by atoms with E-state index in [9.17, 15) is 4.39 Å². The number of aryl methyl sites for hydroxylation is 1. The van der Waals surface area contributed by atoms with Crippen molar-refractivity contribution in [1.29, 1.82) is 0 Å². The molecule has 4 rings (SSSR count). The van der Waals surface area contributed by atoms with E-state index in [0.717, 1.165) is 33.4 Å². The molecule has 5 nitrogen and oxygen atoms in total. The highest BCUT2D eigenvalue weighted by molar-refractivity contribution is 6.31. The van der Waals surface area contributed by atoms with Crippen molar-refractivity contribution in [3.8, 4) is 16.9 Å². The van der Waals surface area contributed by atoms with Gasteiger partial charge in [0.1, 0.15) is 17.2 Å². The molecule has 1 atom stereocenters. The van der Waals surface area contributed by atoms with E-state index in [1.165, 1.54) is 6.07 Å². The fraction of sp³-hybridized carbons (Fsp3) is 0.238. The average molecular weight is 399 g/mol. The van der Waals surface area contributed by atoms with Gasteiger partial charge in [-0.1, -0.05) is 18.5 Å². The molecule has 3 aromatic heterocycles. The molecule has 0 aliphatic carbocycles. The molecule has 0 radical (unpaired) electrons. The highest BCUT2D eigenvalue weighted by atomic mass is 35.5. The molecule has 0 aliphatic rings. The van der Waals surface area contributed by atoms with Crippen molar-refractivity contribution in [2.75, 3.05) is 7.11 Å². The molecule has 1 N–H and O–H groups in total. The zero-order valence-electron chi connectivity index (χ0n) is 16.0. The van der Waals surface area contributed by atoms with Gasteiger partial charge in [-0.2, -0.15) is 5.10 Å². The molecular formula is C21H20ClFN4O. The lowest BCUT2D eigenvalue weighted by Gasteiger charge is -2.17. The lowest BCUT2D eigenvalue weighted by molar-refractivity contribution is 0.407. The number of hydrogen-bond acceptors (Lipinski definition) is 3. The third-order valence-corrected chi connectivity index (χ3v) is 5.71. The smallest absolute Gasteiger partial charge is 0.142 e. The molecule has 0 saturated heterocycles. The Morgan fingerprint density at radius 1 is 1.29 bits per heavy atom. The third-order valence-electron chi connectivity index (χ3n) is 5.32. The molecule has 0 fully saturated rings. The number of methoxy groups -OCH3 is 1. The second-order valence-electron chi connectivity index (χ2n) is 6.83. The molecule has 28 heavy (non-hydrogen) atoms. The molecule has 0 unspecified atom stereocenters. The Morgan fingerprint density at radius 3 is 2.75 bits per heavy atom. The quantitative estimate of drug-likeness (QED) is 0.512. The third kappa shape index (κ3) is 2.85. The molecule has 7 heteroatoms. The number of benzene rings is 1. The minimum atomic E-state index is -0.464. The van der Waals surface area contributed by atoms with Gasteiger partial charge in [0.2, 0.25) is 0 Å². The zero-order valence-corrected chi connectivity index (χ0v) is 16.8. The Kier molecular flexibility index (Phi) is 4.59. The maximum Gasteiger partial charge on any atom is 0.142 e. The maximum atomic E-state index is 14.1. The van der Waals surface area contributed by atoms with Gasteiger partial charge < -0.3 is 9.72 Å². The summed E-state index contributed by atoms with van der Waals surface area (Å²) in [6.07, 6.45) is 5.55. The molecule has 0 saturated carbocycles. The number of hydrogen-bond donors (Lipinski definition) is 1. The van der Waals surface area contributed by atoms with E-state index in [4.69, 9.17) is 16.3 Å². The molecule has 4 aromatic rings. The SMILES string of the molecule is COc1ccc(F)c(Cl)c1[C@@H](C)c1c[nH]c2ncc(-c3cnn(C)c3C)cc12. The van der Waals surface area contributed by atoms with Crippen LogP contribution in [0.2, 0.25) is 5.02 Å². The van der Waals surface area contributed by atoms with E-state index in [1.807, 2.05) is 44.2 Å². The number of nitrogens with zero attached hydrogens (tertiary/aromatic N) is 3. The van der Waals surface area contributed by atoms with Crippen molar-refractivity contribution in [2.24, 2.45) is 7.05 Å². The van der Waals surface area contributed by atoms with Crippen LogP contribution in [0.15, 0.2) is 36.8 Å². The number of aromatic nitrogens is 4. The Balaban J connectivity index is 1.87. The van der Waals surface area contributed by atoms with Gasteiger partial charge in [-0.05, 0) is 30.7 Å². The molecular weight excluding hydrogens is 379 g/mol. The van der Waals surface area contributed by atoms with Gasteiger partial charge in [0.05, 0.1) is 18.3 Å². The summed E-state index contributed by atoms with van der Waals surface area (Å²) in [7, 11) is 3.46.